The molecule has 0 saturated carbocycles. The summed E-state index contributed by atoms with van der Waals surface area (Å²) < 4.78 is 4.48. The highest BCUT2D eigenvalue weighted by atomic mass is 16.5. The molecule has 15 heavy (non-hydrogen) atoms. The van der Waals surface area contributed by atoms with E-state index in [0.29, 0.717) is 0 Å². The lowest BCUT2D eigenvalue weighted by Crippen LogP contribution is -2.02. The molecule has 1 rings (SSSR count). The van der Waals surface area contributed by atoms with Crippen LogP contribution in [-0.4, -0.2) is 23.3 Å². The summed E-state index contributed by atoms with van der Waals surface area (Å²) in [5.41, 5.74) is 0.306. The van der Waals surface area contributed by atoms with Crippen LogP contribution in [0.15, 0.2) is 24.8 Å². The lowest BCUT2D eigenvalue weighted by atomic mass is 10.0. The lowest BCUT2D eigenvalue weighted by molar-refractivity contribution is 0.0597. The van der Waals surface area contributed by atoms with Crippen molar-refractivity contribution >= 4 is 5.97 Å². The van der Waals surface area contributed by atoms with Crippen LogP contribution < -0.4 is 0 Å². The fraction of sp³-hybridized carbons (Fsp3) is 0.182. The van der Waals surface area contributed by atoms with Crippen LogP contribution in [0.4, 0.5) is 0 Å². The Bertz CT molecular complexity index is 396. The third-order valence-corrected chi connectivity index (χ3v) is 2.01. The van der Waals surface area contributed by atoms with Gasteiger partial charge in [0.2, 0.25) is 0 Å². The highest BCUT2D eigenvalue weighted by Gasteiger charge is 2.16. The van der Waals surface area contributed by atoms with Crippen molar-refractivity contribution in [2.45, 2.75) is 6.42 Å². The van der Waals surface area contributed by atoms with Gasteiger partial charge in [-0.15, -0.1) is 6.58 Å². The van der Waals surface area contributed by atoms with Crippen LogP contribution in [0.3, 0.4) is 0 Å². The minimum atomic E-state index is -0.641. The number of allylic oxidation sites excluding steroid dienone is 1. The number of ether oxygens (including phenoxy) is 1. The van der Waals surface area contributed by atoms with Crippen LogP contribution in [0, 0.1) is 0 Å². The zero-order chi connectivity index (χ0) is 11.4. The van der Waals surface area contributed by atoms with E-state index in [1.54, 1.807) is 0 Å². The van der Waals surface area contributed by atoms with Crippen LogP contribution in [0.5, 0.6) is 11.5 Å². The summed E-state index contributed by atoms with van der Waals surface area (Å²) in [6.07, 6.45) is 1.80. The zero-order valence-corrected chi connectivity index (χ0v) is 8.36. The van der Waals surface area contributed by atoms with Crippen molar-refractivity contribution in [3.8, 4) is 11.5 Å². The molecule has 0 amide bonds. The smallest absolute Gasteiger partial charge is 0.341 e. The molecule has 0 saturated heterocycles. The number of methoxy groups -OCH3 is 1. The van der Waals surface area contributed by atoms with Gasteiger partial charge in [-0.1, -0.05) is 6.08 Å². The van der Waals surface area contributed by atoms with Crippen molar-refractivity contribution in [2.75, 3.05) is 7.11 Å². The molecular weight excluding hydrogens is 196 g/mol. The summed E-state index contributed by atoms with van der Waals surface area (Å²) in [4.78, 5) is 11.2. The van der Waals surface area contributed by atoms with Gasteiger partial charge in [-0.25, -0.2) is 4.79 Å². The molecule has 4 nitrogen and oxygen atoms in total. The number of phenolic OH excluding ortho intramolecular Hbond substituents is 2. The van der Waals surface area contributed by atoms with E-state index in [-0.39, 0.29) is 29.0 Å². The maximum Gasteiger partial charge on any atom is 0.341 e. The Morgan fingerprint density at radius 2 is 2.20 bits per heavy atom. The average Bonchev–Trinajstić information content (AvgIpc) is 2.23. The Hall–Kier alpha value is -1.97. The van der Waals surface area contributed by atoms with Crippen LogP contribution in [0.25, 0.3) is 0 Å². The van der Waals surface area contributed by atoms with Crippen molar-refractivity contribution in [3.05, 3.63) is 35.9 Å². The number of phenols is 2. The SMILES string of the molecule is C=CCc1c(O)ccc(C(=O)OC)c1O. The van der Waals surface area contributed by atoms with Gasteiger partial charge in [-0.2, -0.15) is 0 Å². The van der Waals surface area contributed by atoms with Gasteiger partial charge in [0, 0.05) is 5.56 Å². The molecular formula is C11H12O4. The molecule has 80 valence electrons. The summed E-state index contributed by atoms with van der Waals surface area (Å²) in [5.74, 6) is -0.973. The molecule has 0 bridgehead atoms. The Balaban J connectivity index is 3.27. The summed E-state index contributed by atoms with van der Waals surface area (Å²) in [6, 6.07) is 2.65. The highest BCUT2D eigenvalue weighted by molar-refractivity contribution is 5.93. The van der Waals surface area contributed by atoms with E-state index in [0.717, 1.165) is 0 Å². The monoisotopic (exact) mass is 208 g/mol. The molecule has 4 heteroatoms. The topological polar surface area (TPSA) is 66.8 Å². The second-order valence-electron chi connectivity index (χ2n) is 2.94. The first-order valence-corrected chi connectivity index (χ1v) is 4.34. The summed E-state index contributed by atoms with van der Waals surface area (Å²) in [7, 11) is 1.22. The summed E-state index contributed by atoms with van der Waals surface area (Å²) in [5, 5.41) is 19.1. The fourth-order valence-corrected chi connectivity index (χ4v) is 1.25. The Labute approximate surface area is 87.4 Å². The molecule has 0 aliphatic rings. The van der Waals surface area contributed by atoms with Gasteiger partial charge in [-0.3, -0.25) is 0 Å². The molecule has 0 heterocycles. The number of hydrogen-bond donors (Lipinski definition) is 2. The van der Waals surface area contributed by atoms with Gasteiger partial charge in [0.05, 0.1) is 7.11 Å². The molecule has 0 aromatic heterocycles. The van der Waals surface area contributed by atoms with Crippen molar-refractivity contribution in [2.24, 2.45) is 0 Å². The number of carbonyl (C=O) groups is 1. The van der Waals surface area contributed by atoms with E-state index < -0.39 is 5.97 Å². The lowest BCUT2D eigenvalue weighted by Gasteiger charge is -2.08. The van der Waals surface area contributed by atoms with Gasteiger partial charge in [0.1, 0.15) is 17.1 Å². The number of benzene rings is 1. The number of rotatable bonds is 3. The highest BCUT2D eigenvalue weighted by Crippen LogP contribution is 2.31. The second-order valence-corrected chi connectivity index (χ2v) is 2.94. The standard InChI is InChI=1S/C11H12O4/c1-3-4-7-9(12)6-5-8(10(7)13)11(14)15-2/h3,5-6,12-13H,1,4H2,2H3. The number of aromatic hydroxyl groups is 2. The molecule has 1 aromatic carbocycles. The molecule has 0 spiro atoms. The van der Waals surface area contributed by atoms with Gasteiger partial charge in [0.25, 0.3) is 0 Å². The third kappa shape index (κ3) is 2.10. The van der Waals surface area contributed by atoms with Gasteiger partial charge in [0.15, 0.2) is 0 Å². The van der Waals surface area contributed by atoms with Crippen molar-refractivity contribution in [1.82, 2.24) is 0 Å². The molecule has 0 atom stereocenters. The average molecular weight is 208 g/mol. The van der Waals surface area contributed by atoms with Gasteiger partial charge in [-0.05, 0) is 18.6 Å². The van der Waals surface area contributed by atoms with Crippen molar-refractivity contribution < 1.29 is 19.7 Å². The largest absolute Gasteiger partial charge is 0.508 e. The number of carbonyl (C=O) groups excluding carboxylic acids is 1. The van der Waals surface area contributed by atoms with Gasteiger partial charge >= 0.3 is 5.97 Å². The van der Waals surface area contributed by atoms with Crippen molar-refractivity contribution in [3.63, 3.8) is 0 Å². The second kappa shape index (κ2) is 4.50. The van der Waals surface area contributed by atoms with Crippen molar-refractivity contribution in [1.29, 1.82) is 0 Å². The van der Waals surface area contributed by atoms with E-state index in [4.69, 9.17) is 0 Å². The normalized spacial score (nSPS) is 9.67. The van der Waals surface area contributed by atoms with E-state index in [2.05, 4.69) is 11.3 Å². The molecule has 0 aliphatic carbocycles. The molecule has 0 aliphatic heterocycles. The predicted octanol–water partition coefficient (Wildman–Crippen LogP) is 1.61. The summed E-state index contributed by atoms with van der Waals surface area (Å²) in [6.45, 7) is 3.49. The Morgan fingerprint density at radius 1 is 1.53 bits per heavy atom. The van der Waals surface area contributed by atoms with E-state index >= 15 is 0 Å². The zero-order valence-electron chi connectivity index (χ0n) is 8.36. The maximum absolute atomic E-state index is 11.2. The van der Waals surface area contributed by atoms with E-state index in [1.807, 2.05) is 0 Å². The van der Waals surface area contributed by atoms with Crippen LogP contribution in [-0.2, 0) is 11.2 Å². The van der Waals surface area contributed by atoms with Crippen LogP contribution in [0.2, 0.25) is 0 Å². The van der Waals surface area contributed by atoms with Crippen LogP contribution >= 0.6 is 0 Å². The first kappa shape index (κ1) is 11.1. The first-order chi connectivity index (χ1) is 7.11. The molecule has 0 radical (unpaired) electrons. The maximum atomic E-state index is 11.2. The summed E-state index contributed by atoms with van der Waals surface area (Å²) >= 11 is 0. The Kier molecular flexibility index (Phi) is 3.33. The first-order valence-electron chi connectivity index (χ1n) is 4.34. The Morgan fingerprint density at radius 3 is 2.73 bits per heavy atom. The predicted molar refractivity (Wildman–Crippen MR) is 55.0 cm³/mol. The molecule has 0 unspecified atom stereocenters. The molecule has 2 N–H and O–H groups in total. The number of esters is 1. The fourth-order valence-electron chi connectivity index (χ4n) is 1.25. The minimum absolute atomic E-state index is 0.0344. The quantitative estimate of drug-likeness (QED) is 0.585. The van der Waals surface area contributed by atoms with E-state index in [9.17, 15) is 15.0 Å². The number of hydrogen-bond acceptors (Lipinski definition) is 4. The van der Waals surface area contributed by atoms with Gasteiger partial charge < -0.3 is 14.9 Å². The van der Waals surface area contributed by atoms with Crippen LogP contribution in [0.1, 0.15) is 15.9 Å². The third-order valence-electron chi connectivity index (χ3n) is 2.01. The molecule has 1 aromatic rings. The van der Waals surface area contributed by atoms with E-state index in [1.165, 1.54) is 25.3 Å². The minimum Gasteiger partial charge on any atom is -0.508 e. The molecule has 0 fully saturated rings.